The number of rotatable bonds is 2. The van der Waals surface area contributed by atoms with Crippen LogP contribution in [0.5, 0.6) is 0 Å². The van der Waals surface area contributed by atoms with E-state index in [-0.39, 0.29) is 6.17 Å². The molecule has 0 spiro atoms. The fraction of sp³-hybridized carbons (Fsp3) is 0.294. The smallest absolute Gasteiger partial charge is 0.138 e. The van der Waals surface area contributed by atoms with E-state index in [1.807, 2.05) is 32.3 Å². The van der Waals surface area contributed by atoms with Crippen molar-refractivity contribution in [2.75, 3.05) is 4.90 Å². The second kappa shape index (κ2) is 5.20. The fourth-order valence-corrected chi connectivity index (χ4v) is 2.84. The topological polar surface area (TPSA) is 41.0 Å². The Morgan fingerprint density at radius 3 is 2.33 bits per heavy atom. The van der Waals surface area contributed by atoms with E-state index in [1.54, 1.807) is 0 Å². The van der Waals surface area contributed by atoms with Crippen LogP contribution in [0.25, 0.3) is 0 Å². The summed E-state index contributed by atoms with van der Waals surface area (Å²) in [7, 11) is 0. The highest BCUT2D eigenvalue weighted by atomic mass is 15.3. The molecule has 1 unspecified atom stereocenters. The van der Waals surface area contributed by atoms with Crippen LogP contribution in [-0.2, 0) is 0 Å². The zero-order valence-corrected chi connectivity index (χ0v) is 12.9. The molecule has 1 N–H and O–H groups in total. The molecule has 4 heteroatoms. The van der Waals surface area contributed by atoms with Crippen molar-refractivity contribution in [2.45, 2.75) is 33.9 Å². The van der Waals surface area contributed by atoms with Gasteiger partial charge in [-0.05, 0) is 33.3 Å². The Balaban J connectivity index is 2.00. The Morgan fingerprint density at radius 2 is 1.67 bits per heavy atom. The number of hydrogen-bond donors (Lipinski definition) is 1. The van der Waals surface area contributed by atoms with Crippen LogP contribution in [0.1, 0.15) is 34.4 Å². The first kappa shape index (κ1) is 13.6. The van der Waals surface area contributed by atoms with Crippen LogP contribution in [0.4, 0.5) is 5.82 Å². The summed E-state index contributed by atoms with van der Waals surface area (Å²) in [4.78, 5) is 11.1. The molecular weight excluding hydrogens is 260 g/mol. The highest BCUT2D eigenvalue weighted by Gasteiger charge is 2.23. The summed E-state index contributed by atoms with van der Waals surface area (Å²) in [6, 6.07) is 8.63. The lowest BCUT2D eigenvalue weighted by Gasteiger charge is -2.26. The summed E-state index contributed by atoms with van der Waals surface area (Å²) in [5.41, 5.74) is 4.77. The van der Waals surface area contributed by atoms with E-state index in [9.17, 15) is 0 Å². The Labute approximate surface area is 125 Å². The van der Waals surface area contributed by atoms with Crippen LogP contribution >= 0.6 is 0 Å². The first-order chi connectivity index (χ1) is 10.0. The molecule has 0 fully saturated rings. The van der Waals surface area contributed by atoms with Gasteiger partial charge in [0.15, 0.2) is 0 Å². The zero-order chi connectivity index (χ0) is 15.0. The predicted molar refractivity (Wildman–Crippen MR) is 84.9 cm³/mol. The Hall–Kier alpha value is -2.36. The average molecular weight is 280 g/mol. The molecule has 0 radical (unpaired) electrons. The normalized spacial score (nSPS) is 17.1. The molecule has 0 saturated heterocycles. The van der Waals surface area contributed by atoms with Crippen molar-refractivity contribution in [3.8, 4) is 0 Å². The van der Waals surface area contributed by atoms with Crippen molar-refractivity contribution in [3.63, 3.8) is 0 Å². The highest BCUT2D eigenvalue weighted by Crippen LogP contribution is 2.29. The van der Waals surface area contributed by atoms with Crippen molar-refractivity contribution in [2.24, 2.45) is 0 Å². The van der Waals surface area contributed by atoms with E-state index in [2.05, 4.69) is 52.2 Å². The monoisotopic (exact) mass is 280 g/mol. The summed E-state index contributed by atoms with van der Waals surface area (Å²) in [5, 5.41) is 3.40. The van der Waals surface area contributed by atoms with Gasteiger partial charge in [0.05, 0.1) is 0 Å². The lowest BCUT2D eigenvalue weighted by molar-refractivity contribution is 0.658. The minimum atomic E-state index is 0.0808. The molecule has 0 aliphatic carbocycles. The quantitative estimate of drug-likeness (QED) is 0.916. The molecule has 0 saturated carbocycles. The Bertz CT molecular complexity index is 665. The van der Waals surface area contributed by atoms with Gasteiger partial charge in [-0.1, -0.05) is 29.3 Å². The van der Waals surface area contributed by atoms with Gasteiger partial charge in [0.1, 0.15) is 17.8 Å². The highest BCUT2D eigenvalue weighted by molar-refractivity contribution is 5.49. The Morgan fingerprint density at radius 1 is 0.952 bits per heavy atom. The first-order valence-corrected chi connectivity index (χ1v) is 7.14. The number of aromatic nitrogens is 2. The average Bonchev–Trinajstić information content (AvgIpc) is 2.85. The van der Waals surface area contributed by atoms with E-state index in [0.717, 1.165) is 17.3 Å². The molecule has 3 rings (SSSR count). The largest absolute Gasteiger partial charge is 0.366 e. The minimum Gasteiger partial charge on any atom is -0.366 e. The SMILES string of the molecule is Cc1cc(C)cc(C2NC=CN2c2cc(C)nc(C)n2)c1. The number of hydrogen-bond acceptors (Lipinski definition) is 4. The van der Waals surface area contributed by atoms with E-state index >= 15 is 0 Å². The van der Waals surface area contributed by atoms with Crippen LogP contribution in [0, 0.1) is 27.7 Å². The van der Waals surface area contributed by atoms with Gasteiger partial charge < -0.3 is 10.2 Å². The van der Waals surface area contributed by atoms with E-state index in [4.69, 9.17) is 0 Å². The molecule has 2 aromatic rings. The molecule has 1 aromatic carbocycles. The molecule has 2 heterocycles. The summed E-state index contributed by atoms with van der Waals surface area (Å²) < 4.78 is 0. The van der Waals surface area contributed by atoms with E-state index in [0.29, 0.717) is 0 Å². The number of anilines is 1. The summed E-state index contributed by atoms with van der Waals surface area (Å²) in [6.45, 7) is 8.18. The third-order valence-corrected chi connectivity index (χ3v) is 3.54. The second-order valence-electron chi connectivity index (χ2n) is 5.63. The molecule has 0 bridgehead atoms. The molecule has 108 valence electrons. The molecule has 1 aromatic heterocycles. The molecular formula is C17H20N4. The first-order valence-electron chi connectivity index (χ1n) is 7.14. The fourth-order valence-electron chi connectivity index (χ4n) is 2.84. The van der Waals surface area contributed by atoms with Crippen molar-refractivity contribution in [3.05, 3.63) is 64.9 Å². The third kappa shape index (κ3) is 2.75. The zero-order valence-electron chi connectivity index (χ0n) is 12.9. The maximum atomic E-state index is 4.56. The van der Waals surface area contributed by atoms with Gasteiger partial charge in [-0.2, -0.15) is 0 Å². The predicted octanol–water partition coefficient (Wildman–Crippen LogP) is 3.29. The maximum absolute atomic E-state index is 4.56. The van der Waals surface area contributed by atoms with Crippen LogP contribution in [-0.4, -0.2) is 9.97 Å². The van der Waals surface area contributed by atoms with Crippen LogP contribution in [0.2, 0.25) is 0 Å². The standard InChI is InChI=1S/C17H20N4/c1-11-7-12(2)9-15(8-11)17-18-5-6-21(17)16-10-13(3)19-14(4)20-16/h5-10,17-18H,1-4H3. The summed E-state index contributed by atoms with van der Waals surface area (Å²) >= 11 is 0. The number of aryl methyl sites for hydroxylation is 4. The van der Waals surface area contributed by atoms with Gasteiger partial charge in [-0.25, -0.2) is 9.97 Å². The molecule has 1 atom stereocenters. The maximum Gasteiger partial charge on any atom is 0.138 e. The molecule has 1 aliphatic heterocycles. The minimum absolute atomic E-state index is 0.0808. The van der Waals surface area contributed by atoms with Gasteiger partial charge >= 0.3 is 0 Å². The summed E-state index contributed by atoms with van der Waals surface area (Å²) in [5.74, 6) is 1.72. The second-order valence-corrected chi connectivity index (χ2v) is 5.63. The van der Waals surface area contributed by atoms with Gasteiger partial charge in [-0.15, -0.1) is 0 Å². The lowest BCUT2D eigenvalue weighted by Crippen LogP contribution is -2.27. The number of nitrogens with zero attached hydrogens (tertiary/aromatic N) is 3. The van der Waals surface area contributed by atoms with Gasteiger partial charge in [0.2, 0.25) is 0 Å². The van der Waals surface area contributed by atoms with Crippen molar-refractivity contribution >= 4 is 5.82 Å². The van der Waals surface area contributed by atoms with Crippen LogP contribution in [0.3, 0.4) is 0 Å². The molecule has 21 heavy (non-hydrogen) atoms. The van der Waals surface area contributed by atoms with Crippen LogP contribution < -0.4 is 10.2 Å². The van der Waals surface area contributed by atoms with Gasteiger partial charge in [0.25, 0.3) is 0 Å². The lowest BCUT2D eigenvalue weighted by atomic mass is 10.0. The van der Waals surface area contributed by atoms with Gasteiger partial charge in [-0.3, -0.25) is 0 Å². The number of benzene rings is 1. The Kier molecular flexibility index (Phi) is 3.37. The summed E-state index contributed by atoms with van der Waals surface area (Å²) in [6.07, 6.45) is 4.08. The van der Waals surface area contributed by atoms with E-state index in [1.165, 1.54) is 16.7 Å². The molecule has 4 nitrogen and oxygen atoms in total. The van der Waals surface area contributed by atoms with Crippen LogP contribution in [0.15, 0.2) is 36.7 Å². The van der Waals surface area contributed by atoms with Crippen molar-refractivity contribution < 1.29 is 0 Å². The van der Waals surface area contributed by atoms with Gasteiger partial charge in [0, 0.05) is 24.2 Å². The molecule has 0 amide bonds. The van der Waals surface area contributed by atoms with Crippen molar-refractivity contribution in [1.29, 1.82) is 0 Å². The van der Waals surface area contributed by atoms with Crippen molar-refractivity contribution in [1.82, 2.24) is 15.3 Å². The number of nitrogens with one attached hydrogen (secondary N) is 1. The molecule has 1 aliphatic rings. The van der Waals surface area contributed by atoms with E-state index < -0.39 is 0 Å². The third-order valence-electron chi connectivity index (χ3n) is 3.54.